The van der Waals surface area contributed by atoms with E-state index in [1.54, 1.807) is 0 Å². The summed E-state index contributed by atoms with van der Waals surface area (Å²) in [4.78, 5) is 10.6. The number of aliphatic hydroxyl groups excluding tert-OH is 1. The van der Waals surface area contributed by atoms with Crippen LogP contribution in [-0.4, -0.2) is 34.9 Å². The fourth-order valence-corrected chi connectivity index (χ4v) is 3.26. The van der Waals surface area contributed by atoms with Crippen LogP contribution in [0.1, 0.15) is 53.4 Å². The van der Waals surface area contributed by atoms with Gasteiger partial charge in [0.15, 0.2) is 0 Å². The van der Waals surface area contributed by atoms with Crippen molar-refractivity contribution in [3.63, 3.8) is 0 Å². The number of aliphatic hydroxyl groups is 1. The van der Waals surface area contributed by atoms with Gasteiger partial charge >= 0.3 is 0 Å². The molecule has 2 atom stereocenters. The number of allylic oxidation sites excluding steroid dienone is 1. The van der Waals surface area contributed by atoms with Crippen LogP contribution in [0.4, 0.5) is 0 Å². The van der Waals surface area contributed by atoms with Gasteiger partial charge in [-0.05, 0) is 59.3 Å². The Bertz CT molecular complexity index is 395. The molecule has 2 fully saturated rings. The average Bonchev–Trinajstić information content (AvgIpc) is 2.99. The molecule has 1 amide bonds. The molecule has 1 saturated carbocycles. The normalized spacial score (nSPS) is 38.1. The van der Waals surface area contributed by atoms with Crippen LogP contribution >= 0.6 is 0 Å². The first kappa shape index (κ1) is 15.5. The molecule has 4 nitrogen and oxygen atoms in total. The van der Waals surface area contributed by atoms with Gasteiger partial charge in [-0.3, -0.25) is 4.79 Å². The number of amides is 1. The SMILES string of the molecule is CC(=CC(O)C1OC1(C)C)C1CCC(C)(NC=O)CC1. The molecule has 2 rings (SSSR count). The molecule has 0 radical (unpaired) electrons. The molecular weight excluding hydrogens is 254 g/mol. The van der Waals surface area contributed by atoms with Crippen molar-refractivity contribution in [3.8, 4) is 0 Å². The zero-order chi connectivity index (χ0) is 15.0. The van der Waals surface area contributed by atoms with Crippen molar-refractivity contribution in [2.24, 2.45) is 5.92 Å². The molecule has 2 unspecified atom stereocenters. The Morgan fingerprint density at radius 1 is 1.35 bits per heavy atom. The van der Waals surface area contributed by atoms with Gasteiger partial charge in [0, 0.05) is 5.54 Å². The zero-order valence-electron chi connectivity index (χ0n) is 13.0. The minimum absolute atomic E-state index is 0.0568. The van der Waals surface area contributed by atoms with E-state index in [2.05, 4.69) is 19.2 Å². The van der Waals surface area contributed by atoms with Crippen LogP contribution in [0.25, 0.3) is 0 Å². The second-order valence-corrected chi connectivity index (χ2v) is 7.14. The third-order valence-electron chi connectivity index (χ3n) is 4.94. The number of carbonyl (C=O) groups is 1. The van der Waals surface area contributed by atoms with E-state index in [1.165, 1.54) is 5.57 Å². The highest BCUT2D eigenvalue weighted by molar-refractivity contribution is 5.47. The van der Waals surface area contributed by atoms with E-state index in [0.717, 1.165) is 32.1 Å². The van der Waals surface area contributed by atoms with Crippen molar-refractivity contribution in [1.82, 2.24) is 5.32 Å². The van der Waals surface area contributed by atoms with E-state index in [0.29, 0.717) is 5.92 Å². The summed E-state index contributed by atoms with van der Waals surface area (Å²) >= 11 is 0. The van der Waals surface area contributed by atoms with Gasteiger partial charge in [-0.2, -0.15) is 0 Å². The number of ether oxygens (including phenoxy) is 1. The molecule has 1 aliphatic heterocycles. The van der Waals surface area contributed by atoms with Gasteiger partial charge in [0.1, 0.15) is 12.2 Å². The molecule has 1 saturated heterocycles. The van der Waals surface area contributed by atoms with Gasteiger partial charge in [0.05, 0.1) is 5.60 Å². The Labute approximate surface area is 121 Å². The van der Waals surface area contributed by atoms with Crippen molar-refractivity contribution >= 4 is 6.41 Å². The molecule has 0 aromatic heterocycles. The highest BCUT2D eigenvalue weighted by Gasteiger charge is 2.51. The van der Waals surface area contributed by atoms with Crippen LogP contribution in [0.15, 0.2) is 11.6 Å². The van der Waals surface area contributed by atoms with Crippen LogP contribution in [0, 0.1) is 5.92 Å². The number of hydrogen-bond donors (Lipinski definition) is 2. The van der Waals surface area contributed by atoms with Crippen LogP contribution in [0.5, 0.6) is 0 Å². The standard InChI is InChI=1S/C16H27NO3/c1-11(9-13(19)14-15(2,3)20-14)12-5-7-16(4,8-6-12)17-10-18/h9-10,12-14,19H,5-8H2,1-4H3,(H,17,18). The highest BCUT2D eigenvalue weighted by atomic mass is 16.6. The zero-order valence-corrected chi connectivity index (χ0v) is 13.0. The Hall–Kier alpha value is -0.870. The molecule has 0 spiro atoms. The third-order valence-corrected chi connectivity index (χ3v) is 4.94. The number of rotatable bonds is 5. The summed E-state index contributed by atoms with van der Waals surface area (Å²) in [5.41, 5.74) is 1.01. The Morgan fingerprint density at radius 3 is 2.35 bits per heavy atom. The molecule has 0 aromatic carbocycles. The van der Waals surface area contributed by atoms with E-state index in [1.807, 2.05) is 19.9 Å². The maximum Gasteiger partial charge on any atom is 0.207 e. The smallest absolute Gasteiger partial charge is 0.207 e. The maximum atomic E-state index is 10.6. The van der Waals surface area contributed by atoms with Gasteiger partial charge in [0.25, 0.3) is 0 Å². The first-order chi connectivity index (χ1) is 9.27. The fourth-order valence-electron chi connectivity index (χ4n) is 3.26. The lowest BCUT2D eigenvalue weighted by molar-refractivity contribution is -0.111. The lowest BCUT2D eigenvalue weighted by atomic mass is 9.75. The summed E-state index contributed by atoms with van der Waals surface area (Å²) < 4.78 is 5.48. The van der Waals surface area contributed by atoms with Gasteiger partial charge in [-0.25, -0.2) is 0 Å². The quantitative estimate of drug-likeness (QED) is 0.461. The molecule has 2 N–H and O–H groups in total. The predicted molar refractivity (Wildman–Crippen MR) is 78.3 cm³/mol. The van der Waals surface area contributed by atoms with Crippen molar-refractivity contribution in [2.45, 2.75) is 76.7 Å². The molecular formula is C16H27NO3. The van der Waals surface area contributed by atoms with Gasteiger partial charge in [-0.1, -0.05) is 11.6 Å². The van der Waals surface area contributed by atoms with Gasteiger partial charge < -0.3 is 15.2 Å². The summed E-state index contributed by atoms with van der Waals surface area (Å²) in [6, 6.07) is 0. The first-order valence-corrected chi connectivity index (χ1v) is 7.53. The maximum absolute atomic E-state index is 10.6. The predicted octanol–water partition coefficient (Wildman–Crippen LogP) is 2.17. The first-order valence-electron chi connectivity index (χ1n) is 7.53. The second kappa shape index (κ2) is 5.49. The van der Waals surface area contributed by atoms with Crippen LogP contribution < -0.4 is 5.32 Å². The van der Waals surface area contributed by atoms with Crippen molar-refractivity contribution in [3.05, 3.63) is 11.6 Å². The van der Waals surface area contributed by atoms with E-state index >= 15 is 0 Å². The highest BCUT2D eigenvalue weighted by Crippen LogP contribution is 2.40. The Balaban J connectivity index is 1.88. The summed E-state index contributed by atoms with van der Waals surface area (Å²) in [6.07, 6.45) is 6.28. The fraction of sp³-hybridized carbons (Fsp3) is 0.812. The summed E-state index contributed by atoms with van der Waals surface area (Å²) in [7, 11) is 0. The van der Waals surface area contributed by atoms with Crippen molar-refractivity contribution in [1.29, 1.82) is 0 Å². The largest absolute Gasteiger partial charge is 0.386 e. The van der Waals surface area contributed by atoms with Crippen LogP contribution in [0.2, 0.25) is 0 Å². The summed E-state index contributed by atoms with van der Waals surface area (Å²) in [5, 5.41) is 13.1. The molecule has 4 heteroatoms. The molecule has 1 heterocycles. The van der Waals surface area contributed by atoms with Crippen LogP contribution in [0.3, 0.4) is 0 Å². The monoisotopic (exact) mass is 281 g/mol. The van der Waals surface area contributed by atoms with Crippen molar-refractivity contribution in [2.75, 3.05) is 0 Å². The van der Waals surface area contributed by atoms with E-state index in [-0.39, 0.29) is 17.2 Å². The Kier molecular flexibility index (Phi) is 4.26. The Morgan fingerprint density at radius 2 is 1.90 bits per heavy atom. The van der Waals surface area contributed by atoms with Crippen LogP contribution in [-0.2, 0) is 9.53 Å². The minimum atomic E-state index is -0.508. The third kappa shape index (κ3) is 3.41. The minimum Gasteiger partial charge on any atom is -0.386 e. The summed E-state index contributed by atoms with van der Waals surface area (Å²) in [6.45, 7) is 8.20. The van der Waals surface area contributed by atoms with Gasteiger partial charge in [0.2, 0.25) is 6.41 Å². The molecule has 2 aliphatic rings. The van der Waals surface area contributed by atoms with E-state index in [9.17, 15) is 9.90 Å². The van der Waals surface area contributed by atoms with E-state index < -0.39 is 6.10 Å². The van der Waals surface area contributed by atoms with Crippen molar-refractivity contribution < 1.29 is 14.6 Å². The lowest BCUT2D eigenvalue weighted by Crippen LogP contribution is -2.44. The molecule has 114 valence electrons. The number of nitrogens with one attached hydrogen (secondary N) is 1. The molecule has 1 aliphatic carbocycles. The van der Waals surface area contributed by atoms with E-state index in [4.69, 9.17) is 4.74 Å². The average molecular weight is 281 g/mol. The number of hydrogen-bond acceptors (Lipinski definition) is 3. The molecule has 0 aromatic rings. The molecule has 20 heavy (non-hydrogen) atoms. The second-order valence-electron chi connectivity index (χ2n) is 7.14. The van der Waals surface area contributed by atoms with Gasteiger partial charge in [-0.15, -0.1) is 0 Å². The number of epoxide rings is 1. The molecule has 0 bridgehead atoms. The number of carbonyl (C=O) groups excluding carboxylic acids is 1. The topological polar surface area (TPSA) is 61.9 Å². The summed E-state index contributed by atoms with van der Waals surface area (Å²) in [5.74, 6) is 0.507. The lowest BCUT2D eigenvalue weighted by Gasteiger charge is -2.37.